The fourth-order valence-corrected chi connectivity index (χ4v) is 3.13. The minimum absolute atomic E-state index is 0.00585. The maximum absolute atomic E-state index is 11.5. The van der Waals surface area contributed by atoms with Crippen LogP contribution in [0.2, 0.25) is 0 Å². The normalized spacial score (nSPS) is 30.7. The molecule has 2 rings (SSSR count). The van der Waals surface area contributed by atoms with Crippen LogP contribution in [-0.2, 0) is 4.79 Å². The van der Waals surface area contributed by atoms with E-state index in [1.54, 1.807) is 6.92 Å². The van der Waals surface area contributed by atoms with E-state index in [4.69, 9.17) is 11.6 Å². The van der Waals surface area contributed by atoms with Crippen LogP contribution in [0.4, 0.5) is 0 Å². The Morgan fingerprint density at radius 2 is 2.00 bits per heavy atom. The molecule has 1 N–H and O–H groups in total. The Kier molecular flexibility index (Phi) is 3.24. The molecule has 1 amide bonds. The third kappa shape index (κ3) is 2.15. The molecule has 0 bridgehead atoms. The fourth-order valence-electron chi connectivity index (χ4n) is 3.06. The predicted octanol–water partition coefficient (Wildman–Crippen LogP) is 2.84. The Balaban J connectivity index is 1.90. The first-order chi connectivity index (χ1) is 7.14. The van der Waals surface area contributed by atoms with Crippen LogP contribution in [0, 0.1) is 5.41 Å². The van der Waals surface area contributed by atoms with Crippen molar-refractivity contribution >= 4 is 17.5 Å². The number of nitrogens with one attached hydrogen (secondary N) is 1. The van der Waals surface area contributed by atoms with E-state index in [2.05, 4.69) is 5.32 Å². The summed E-state index contributed by atoms with van der Waals surface area (Å²) in [6.07, 6.45) is 9.09. The Labute approximate surface area is 96.8 Å². The van der Waals surface area contributed by atoms with Gasteiger partial charge in [-0.25, -0.2) is 0 Å². The van der Waals surface area contributed by atoms with Crippen LogP contribution in [0.3, 0.4) is 0 Å². The predicted molar refractivity (Wildman–Crippen MR) is 62.0 cm³/mol. The zero-order valence-electron chi connectivity index (χ0n) is 9.39. The van der Waals surface area contributed by atoms with Gasteiger partial charge in [0, 0.05) is 6.04 Å². The van der Waals surface area contributed by atoms with Crippen molar-refractivity contribution in [2.45, 2.75) is 63.3 Å². The highest BCUT2D eigenvalue weighted by molar-refractivity contribution is 6.30. The average Bonchev–Trinajstić information content (AvgIpc) is 2.25. The smallest absolute Gasteiger partial charge is 0.238 e. The molecule has 0 aliphatic heterocycles. The molecule has 0 aromatic heterocycles. The number of carbonyl (C=O) groups is 1. The summed E-state index contributed by atoms with van der Waals surface area (Å²) in [5.41, 5.74) is 0.444. The standard InChI is InChI=1S/C12H20ClNO/c1-9(13)11(15)14-10-5-8-12(10)6-3-2-4-7-12/h9-10H,2-8H2,1H3,(H,14,15). The highest BCUT2D eigenvalue weighted by Gasteiger charge is 2.47. The summed E-state index contributed by atoms with van der Waals surface area (Å²) in [4.78, 5) is 11.5. The maximum Gasteiger partial charge on any atom is 0.238 e. The molecule has 15 heavy (non-hydrogen) atoms. The second kappa shape index (κ2) is 4.32. The van der Waals surface area contributed by atoms with E-state index >= 15 is 0 Å². The van der Waals surface area contributed by atoms with Gasteiger partial charge in [0.15, 0.2) is 0 Å². The molecule has 2 fully saturated rings. The van der Waals surface area contributed by atoms with Gasteiger partial charge in [0.1, 0.15) is 5.38 Å². The van der Waals surface area contributed by atoms with E-state index in [0.29, 0.717) is 11.5 Å². The lowest BCUT2D eigenvalue weighted by Gasteiger charge is -2.52. The molecule has 0 aromatic rings. The molecule has 3 heteroatoms. The van der Waals surface area contributed by atoms with Crippen molar-refractivity contribution < 1.29 is 4.79 Å². The Bertz CT molecular complexity index is 246. The third-order valence-corrected chi connectivity index (χ3v) is 4.40. The van der Waals surface area contributed by atoms with Crippen LogP contribution >= 0.6 is 11.6 Å². The summed E-state index contributed by atoms with van der Waals surface area (Å²) in [5, 5.41) is 2.71. The number of hydrogen-bond donors (Lipinski definition) is 1. The van der Waals surface area contributed by atoms with Crippen LogP contribution in [0.1, 0.15) is 51.9 Å². The average molecular weight is 230 g/mol. The van der Waals surface area contributed by atoms with Crippen LogP contribution in [-0.4, -0.2) is 17.3 Å². The van der Waals surface area contributed by atoms with Gasteiger partial charge < -0.3 is 5.32 Å². The van der Waals surface area contributed by atoms with Crippen LogP contribution in [0.25, 0.3) is 0 Å². The van der Waals surface area contributed by atoms with Gasteiger partial charge in [-0.3, -0.25) is 4.79 Å². The van der Waals surface area contributed by atoms with E-state index in [9.17, 15) is 4.79 Å². The number of carbonyl (C=O) groups excluding carboxylic acids is 1. The topological polar surface area (TPSA) is 29.1 Å². The van der Waals surface area contributed by atoms with Crippen LogP contribution in [0.5, 0.6) is 0 Å². The zero-order chi connectivity index (χ0) is 10.9. The van der Waals surface area contributed by atoms with Crippen molar-refractivity contribution in [1.29, 1.82) is 0 Å². The van der Waals surface area contributed by atoms with E-state index in [1.165, 1.54) is 38.5 Å². The molecule has 2 nitrogen and oxygen atoms in total. The van der Waals surface area contributed by atoms with Gasteiger partial charge in [0.2, 0.25) is 5.91 Å². The van der Waals surface area contributed by atoms with Gasteiger partial charge in [-0.1, -0.05) is 19.3 Å². The van der Waals surface area contributed by atoms with Gasteiger partial charge >= 0.3 is 0 Å². The second-order valence-electron chi connectivity index (χ2n) is 5.14. The molecule has 0 saturated heterocycles. The number of rotatable bonds is 2. The number of amides is 1. The van der Waals surface area contributed by atoms with Crippen molar-refractivity contribution in [3.63, 3.8) is 0 Å². The summed E-state index contributed by atoms with van der Waals surface area (Å²) >= 11 is 5.77. The van der Waals surface area contributed by atoms with Crippen molar-refractivity contribution in [2.24, 2.45) is 5.41 Å². The summed E-state index contributed by atoms with van der Waals surface area (Å²) in [7, 11) is 0. The fraction of sp³-hybridized carbons (Fsp3) is 0.917. The maximum atomic E-state index is 11.5. The lowest BCUT2D eigenvalue weighted by Crippen LogP contribution is -2.56. The minimum atomic E-state index is -0.397. The first kappa shape index (κ1) is 11.3. The van der Waals surface area contributed by atoms with E-state index in [0.717, 1.165) is 6.42 Å². The number of alkyl halides is 1. The molecule has 2 saturated carbocycles. The largest absolute Gasteiger partial charge is 0.352 e. The molecule has 0 aromatic carbocycles. The molecule has 86 valence electrons. The third-order valence-electron chi connectivity index (χ3n) is 4.20. The first-order valence-corrected chi connectivity index (χ1v) is 6.52. The highest BCUT2D eigenvalue weighted by Crippen LogP contribution is 2.51. The van der Waals surface area contributed by atoms with Gasteiger partial charge in [-0.15, -0.1) is 11.6 Å². The molecule has 2 atom stereocenters. The number of halogens is 1. The summed E-state index contributed by atoms with van der Waals surface area (Å²) in [5.74, 6) is 0.00585. The van der Waals surface area contributed by atoms with Crippen LogP contribution in [0.15, 0.2) is 0 Å². The molecule has 1 spiro atoms. The Hall–Kier alpha value is -0.240. The van der Waals surface area contributed by atoms with Crippen molar-refractivity contribution in [2.75, 3.05) is 0 Å². The molecule has 0 heterocycles. The summed E-state index contributed by atoms with van der Waals surface area (Å²) < 4.78 is 0. The molecule has 2 unspecified atom stereocenters. The van der Waals surface area contributed by atoms with E-state index < -0.39 is 5.38 Å². The monoisotopic (exact) mass is 229 g/mol. The zero-order valence-corrected chi connectivity index (χ0v) is 10.1. The van der Waals surface area contributed by atoms with E-state index in [1.807, 2.05) is 0 Å². The quantitative estimate of drug-likeness (QED) is 0.725. The highest BCUT2D eigenvalue weighted by atomic mass is 35.5. The molecule has 2 aliphatic carbocycles. The SMILES string of the molecule is CC(Cl)C(=O)NC1CCC12CCCCC2. The number of hydrogen-bond acceptors (Lipinski definition) is 1. The van der Waals surface area contributed by atoms with Crippen molar-refractivity contribution in [3.05, 3.63) is 0 Å². The van der Waals surface area contributed by atoms with E-state index in [-0.39, 0.29) is 5.91 Å². The Morgan fingerprint density at radius 3 is 2.47 bits per heavy atom. The van der Waals surface area contributed by atoms with Gasteiger partial charge in [0.25, 0.3) is 0 Å². The minimum Gasteiger partial charge on any atom is -0.352 e. The first-order valence-electron chi connectivity index (χ1n) is 6.08. The molecule has 2 aliphatic rings. The van der Waals surface area contributed by atoms with Gasteiger partial charge in [0.05, 0.1) is 0 Å². The molecular weight excluding hydrogens is 210 g/mol. The summed E-state index contributed by atoms with van der Waals surface area (Å²) in [6, 6.07) is 0.409. The van der Waals surface area contributed by atoms with Crippen LogP contribution < -0.4 is 5.32 Å². The van der Waals surface area contributed by atoms with Crippen molar-refractivity contribution in [3.8, 4) is 0 Å². The lowest BCUT2D eigenvalue weighted by molar-refractivity contribution is -0.124. The Morgan fingerprint density at radius 1 is 1.33 bits per heavy atom. The van der Waals surface area contributed by atoms with Gasteiger partial charge in [-0.05, 0) is 38.0 Å². The second-order valence-corrected chi connectivity index (χ2v) is 5.79. The van der Waals surface area contributed by atoms with Gasteiger partial charge in [-0.2, -0.15) is 0 Å². The summed E-state index contributed by atoms with van der Waals surface area (Å²) in [6.45, 7) is 1.74. The lowest BCUT2D eigenvalue weighted by atomic mass is 9.57. The molecule has 0 radical (unpaired) electrons. The van der Waals surface area contributed by atoms with Crippen molar-refractivity contribution in [1.82, 2.24) is 5.32 Å². The molecular formula is C12H20ClNO.